The summed E-state index contributed by atoms with van der Waals surface area (Å²) in [5.41, 5.74) is 0.433. The highest BCUT2D eigenvalue weighted by atomic mass is 19.4. The number of hydrogen-bond donors (Lipinski definition) is 0. The first-order valence-electron chi connectivity index (χ1n) is 9.68. The Morgan fingerprint density at radius 3 is 2.48 bits per heavy atom. The molecule has 0 spiro atoms. The molecule has 1 aliphatic rings. The highest BCUT2D eigenvalue weighted by Crippen LogP contribution is 2.29. The van der Waals surface area contributed by atoms with Gasteiger partial charge in [-0.1, -0.05) is 12.1 Å². The predicted molar refractivity (Wildman–Crippen MR) is 103 cm³/mol. The first-order chi connectivity index (χ1) is 14.8. The summed E-state index contributed by atoms with van der Waals surface area (Å²) in [7, 11) is 0. The Morgan fingerprint density at radius 2 is 1.77 bits per heavy atom. The third-order valence-corrected chi connectivity index (χ3v) is 5.38. The fourth-order valence-corrected chi connectivity index (χ4v) is 3.73. The number of amides is 1. The number of likely N-dealkylation sites (tertiary alicyclic amines) is 1. The first-order valence-corrected chi connectivity index (χ1v) is 9.68. The molecule has 4 rings (SSSR count). The topological polar surface area (TPSA) is 85.9 Å². The standard InChI is InChI=1S/C20H19F3N6O2/c1-13-6-7-15(28-11-14(10-26-28)18(30)20(21,22)23)12-27(13)19(31)16-4-2-3-5-17(16)29-24-8-9-25-29/h2-5,8-11,13,15H,6-7,12H2,1H3/t13-,15?/m1/s1. The average molecular weight is 432 g/mol. The molecule has 0 bridgehead atoms. The molecule has 0 saturated carbocycles. The van der Waals surface area contributed by atoms with E-state index in [1.54, 1.807) is 29.2 Å². The second-order valence-electron chi connectivity index (χ2n) is 7.41. The van der Waals surface area contributed by atoms with Crippen molar-refractivity contribution in [1.29, 1.82) is 0 Å². The van der Waals surface area contributed by atoms with Gasteiger partial charge in [0.2, 0.25) is 0 Å². The Bertz CT molecular complexity index is 1090. The lowest BCUT2D eigenvalue weighted by atomic mass is 9.98. The molecule has 1 saturated heterocycles. The number of ketones is 1. The van der Waals surface area contributed by atoms with E-state index < -0.39 is 17.5 Å². The van der Waals surface area contributed by atoms with E-state index in [-0.39, 0.29) is 24.5 Å². The maximum absolute atomic E-state index is 13.4. The summed E-state index contributed by atoms with van der Waals surface area (Å²) in [6.07, 6.45) is 1.34. The number of rotatable bonds is 4. The van der Waals surface area contributed by atoms with E-state index in [1.165, 1.54) is 21.9 Å². The summed E-state index contributed by atoms with van der Waals surface area (Å²) >= 11 is 0. The molecule has 1 amide bonds. The molecule has 1 aliphatic heterocycles. The predicted octanol–water partition coefficient (Wildman–Crippen LogP) is 3.07. The van der Waals surface area contributed by atoms with Gasteiger partial charge in [-0.15, -0.1) is 0 Å². The maximum atomic E-state index is 13.4. The van der Waals surface area contributed by atoms with Crippen LogP contribution in [0, 0.1) is 0 Å². The van der Waals surface area contributed by atoms with Crippen LogP contribution in [-0.2, 0) is 0 Å². The number of alkyl halides is 3. The number of piperidine rings is 1. The lowest BCUT2D eigenvalue weighted by Gasteiger charge is -2.38. The summed E-state index contributed by atoms with van der Waals surface area (Å²) in [6.45, 7) is 2.17. The average Bonchev–Trinajstić information content (AvgIpc) is 3.45. The molecule has 31 heavy (non-hydrogen) atoms. The molecule has 1 unspecified atom stereocenters. The number of carbonyl (C=O) groups excluding carboxylic acids is 2. The Labute approximate surface area is 175 Å². The molecule has 1 fully saturated rings. The minimum Gasteiger partial charge on any atom is -0.334 e. The van der Waals surface area contributed by atoms with Gasteiger partial charge >= 0.3 is 6.18 Å². The molecule has 162 valence electrons. The van der Waals surface area contributed by atoms with Gasteiger partial charge in [0.25, 0.3) is 11.7 Å². The molecule has 2 atom stereocenters. The van der Waals surface area contributed by atoms with Gasteiger partial charge in [0.1, 0.15) is 0 Å². The lowest BCUT2D eigenvalue weighted by Crippen LogP contribution is -2.46. The van der Waals surface area contributed by atoms with Crippen molar-refractivity contribution in [3.05, 3.63) is 60.2 Å². The van der Waals surface area contributed by atoms with Crippen LogP contribution in [-0.4, -0.2) is 60.1 Å². The number of aromatic nitrogens is 5. The van der Waals surface area contributed by atoms with E-state index in [9.17, 15) is 22.8 Å². The number of nitrogens with zero attached hydrogens (tertiary/aromatic N) is 6. The molecule has 3 aromatic rings. The van der Waals surface area contributed by atoms with Crippen LogP contribution in [0.25, 0.3) is 5.69 Å². The number of para-hydroxylation sites is 1. The zero-order chi connectivity index (χ0) is 22.2. The fraction of sp³-hybridized carbons (Fsp3) is 0.350. The van der Waals surface area contributed by atoms with E-state index >= 15 is 0 Å². The third kappa shape index (κ3) is 4.07. The lowest BCUT2D eigenvalue weighted by molar-refractivity contribution is -0.0885. The number of Topliss-reactive ketones (excluding diaryl/α,β-unsaturated/α-hetero) is 1. The van der Waals surface area contributed by atoms with Gasteiger partial charge in [0.15, 0.2) is 0 Å². The van der Waals surface area contributed by atoms with Crippen LogP contribution in [0.4, 0.5) is 13.2 Å². The van der Waals surface area contributed by atoms with Crippen molar-refractivity contribution < 1.29 is 22.8 Å². The summed E-state index contributed by atoms with van der Waals surface area (Å²) in [5.74, 6) is -2.17. The summed E-state index contributed by atoms with van der Waals surface area (Å²) in [6, 6.07) is 6.53. The Hall–Kier alpha value is -3.50. The van der Waals surface area contributed by atoms with Gasteiger partial charge in [-0.25, -0.2) is 0 Å². The van der Waals surface area contributed by atoms with Crippen LogP contribution in [0.3, 0.4) is 0 Å². The maximum Gasteiger partial charge on any atom is 0.454 e. The first kappa shape index (κ1) is 20.8. The van der Waals surface area contributed by atoms with Gasteiger partial charge < -0.3 is 4.90 Å². The highest BCUT2D eigenvalue weighted by molar-refractivity contribution is 6.00. The van der Waals surface area contributed by atoms with Crippen LogP contribution < -0.4 is 0 Å². The third-order valence-electron chi connectivity index (χ3n) is 5.38. The number of benzene rings is 1. The van der Waals surface area contributed by atoms with Crippen molar-refractivity contribution in [3.8, 4) is 5.69 Å². The van der Waals surface area contributed by atoms with Crippen molar-refractivity contribution in [3.63, 3.8) is 0 Å². The summed E-state index contributed by atoms with van der Waals surface area (Å²) in [5, 5.41) is 12.1. The molecule has 0 aliphatic carbocycles. The summed E-state index contributed by atoms with van der Waals surface area (Å²) < 4.78 is 39.4. The van der Waals surface area contributed by atoms with E-state index in [0.717, 1.165) is 12.4 Å². The number of carbonyl (C=O) groups is 2. The van der Waals surface area contributed by atoms with Crippen molar-refractivity contribution in [2.75, 3.05) is 6.54 Å². The molecule has 1 aromatic carbocycles. The van der Waals surface area contributed by atoms with Crippen LogP contribution in [0.2, 0.25) is 0 Å². The van der Waals surface area contributed by atoms with Crippen LogP contribution in [0.5, 0.6) is 0 Å². The molecule has 11 heteroatoms. The molecule has 2 aromatic heterocycles. The minimum atomic E-state index is -4.96. The van der Waals surface area contributed by atoms with E-state index in [4.69, 9.17) is 0 Å². The molecule has 8 nitrogen and oxygen atoms in total. The van der Waals surface area contributed by atoms with Gasteiger partial charge in [0.05, 0.1) is 41.4 Å². The van der Waals surface area contributed by atoms with Crippen molar-refractivity contribution in [1.82, 2.24) is 29.7 Å². The van der Waals surface area contributed by atoms with Gasteiger partial charge in [0, 0.05) is 18.8 Å². The Balaban J connectivity index is 1.58. The van der Waals surface area contributed by atoms with Crippen LogP contribution in [0.15, 0.2) is 49.1 Å². The second-order valence-corrected chi connectivity index (χ2v) is 7.41. The minimum absolute atomic E-state index is 0.0748. The highest BCUT2D eigenvalue weighted by Gasteiger charge is 2.40. The van der Waals surface area contributed by atoms with E-state index in [2.05, 4.69) is 15.3 Å². The van der Waals surface area contributed by atoms with Crippen LogP contribution in [0.1, 0.15) is 46.5 Å². The zero-order valence-corrected chi connectivity index (χ0v) is 16.5. The van der Waals surface area contributed by atoms with Crippen molar-refractivity contribution >= 4 is 11.7 Å². The normalized spacial score (nSPS) is 19.4. The molecular weight excluding hydrogens is 413 g/mol. The number of halogens is 3. The second kappa shape index (κ2) is 7.97. The molecule has 0 radical (unpaired) electrons. The van der Waals surface area contributed by atoms with Gasteiger partial charge in [-0.3, -0.25) is 14.3 Å². The largest absolute Gasteiger partial charge is 0.454 e. The Kier molecular flexibility index (Phi) is 5.34. The zero-order valence-electron chi connectivity index (χ0n) is 16.5. The van der Waals surface area contributed by atoms with Gasteiger partial charge in [-0.2, -0.15) is 33.3 Å². The van der Waals surface area contributed by atoms with Crippen molar-refractivity contribution in [2.24, 2.45) is 0 Å². The van der Waals surface area contributed by atoms with E-state index in [1.807, 2.05) is 6.92 Å². The van der Waals surface area contributed by atoms with Crippen LogP contribution >= 0.6 is 0 Å². The quantitative estimate of drug-likeness (QED) is 0.592. The fourth-order valence-electron chi connectivity index (χ4n) is 3.73. The monoisotopic (exact) mass is 432 g/mol. The summed E-state index contributed by atoms with van der Waals surface area (Å²) in [4.78, 5) is 27.9. The number of hydrogen-bond acceptors (Lipinski definition) is 5. The SMILES string of the molecule is C[C@@H]1CCC(n2cc(C(=O)C(F)(F)F)cn2)CN1C(=O)c1ccccc1-n1nccn1. The molecular formula is C20H19F3N6O2. The van der Waals surface area contributed by atoms with Gasteiger partial charge in [-0.05, 0) is 31.9 Å². The molecule has 3 heterocycles. The van der Waals surface area contributed by atoms with E-state index in [0.29, 0.717) is 24.1 Å². The smallest absolute Gasteiger partial charge is 0.334 e. The van der Waals surface area contributed by atoms with Crippen molar-refractivity contribution in [2.45, 2.75) is 38.0 Å². The Morgan fingerprint density at radius 1 is 1.06 bits per heavy atom. The molecule has 0 N–H and O–H groups in total.